The zero-order valence-corrected chi connectivity index (χ0v) is 23.2. The van der Waals surface area contributed by atoms with Crippen LogP contribution in [0.1, 0.15) is 41.8 Å². The molecule has 10 heteroatoms. The van der Waals surface area contributed by atoms with E-state index in [-0.39, 0.29) is 41.0 Å². The number of nitrogens with zero attached hydrogens (tertiary/aromatic N) is 3. The average Bonchev–Trinajstić information content (AvgIpc) is 3.31. The molecule has 39 heavy (non-hydrogen) atoms. The van der Waals surface area contributed by atoms with Gasteiger partial charge in [-0.25, -0.2) is 4.98 Å². The maximum Gasteiger partial charge on any atom is 0.293 e. The van der Waals surface area contributed by atoms with Crippen molar-refractivity contribution >= 4 is 40.1 Å². The molecule has 0 radical (unpaired) electrons. The van der Waals surface area contributed by atoms with Crippen molar-refractivity contribution in [2.75, 3.05) is 52.0 Å². The lowest BCUT2D eigenvalue weighted by molar-refractivity contribution is -0.136. The van der Waals surface area contributed by atoms with Gasteiger partial charge < -0.3 is 29.6 Å². The minimum Gasteiger partial charge on any atom is -0.480 e. The minimum absolute atomic E-state index is 0.0309. The van der Waals surface area contributed by atoms with Crippen LogP contribution in [0.4, 0.5) is 11.4 Å². The average molecular weight is 536 g/mol. The van der Waals surface area contributed by atoms with Crippen molar-refractivity contribution in [1.82, 2.24) is 14.8 Å². The second kappa shape index (κ2) is 12.3. The molecule has 1 aliphatic carbocycles. The van der Waals surface area contributed by atoms with E-state index in [1.807, 2.05) is 45.1 Å². The van der Waals surface area contributed by atoms with Crippen LogP contribution in [0.25, 0.3) is 11.0 Å². The Morgan fingerprint density at radius 2 is 1.64 bits per heavy atom. The molecule has 1 aromatic carbocycles. The number of methoxy groups -OCH3 is 1. The molecular weight excluding hydrogens is 498 g/mol. The Labute approximate surface area is 228 Å². The Kier molecular flexibility index (Phi) is 8.86. The summed E-state index contributed by atoms with van der Waals surface area (Å²) in [5.41, 5.74) is 2.27. The van der Waals surface area contributed by atoms with Crippen LogP contribution in [-0.2, 0) is 9.59 Å². The standard InChI is InChI=1S/C29H37N5O5/c1-18-6-12-21(13-7-18)31-27(36)25-24(23-22(39-25)14-15-30-28(23)38-5)32-26(35)19-8-10-20(11-9-19)29(37)34(4)17-16-33(2)3/h6-7,12-15,19-20H,8-11,16-17H2,1-5H3,(H,31,36)(H,32,35)/t19-,20-. The van der Waals surface area contributed by atoms with Gasteiger partial charge in [0.15, 0.2) is 0 Å². The van der Waals surface area contributed by atoms with Crippen LogP contribution in [0.15, 0.2) is 40.9 Å². The van der Waals surface area contributed by atoms with Crippen LogP contribution >= 0.6 is 0 Å². The Balaban J connectivity index is 1.50. The number of hydrogen-bond donors (Lipinski definition) is 2. The van der Waals surface area contributed by atoms with Gasteiger partial charge in [-0.3, -0.25) is 14.4 Å². The first-order chi connectivity index (χ1) is 18.7. The summed E-state index contributed by atoms with van der Waals surface area (Å²) in [6.07, 6.45) is 3.97. The number of benzene rings is 1. The third-order valence-electron chi connectivity index (χ3n) is 7.23. The molecule has 2 heterocycles. The highest BCUT2D eigenvalue weighted by Crippen LogP contribution is 2.38. The number of likely N-dealkylation sites (N-methyl/N-ethyl adjacent to an activating group) is 2. The van der Waals surface area contributed by atoms with Gasteiger partial charge >= 0.3 is 0 Å². The highest BCUT2D eigenvalue weighted by atomic mass is 16.5. The predicted molar refractivity (Wildman–Crippen MR) is 150 cm³/mol. The molecule has 2 N–H and O–H groups in total. The number of carbonyl (C=O) groups excluding carboxylic acids is 3. The number of amides is 3. The molecule has 0 unspecified atom stereocenters. The van der Waals surface area contributed by atoms with E-state index < -0.39 is 5.91 Å². The molecular formula is C29H37N5O5. The van der Waals surface area contributed by atoms with Gasteiger partial charge in [0.1, 0.15) is 16.7 Å². The van der Waals surface area contributed by atoms with E-state index >= 15 is 0 Å². The first kappa shape index (κ1) is 28.1. The zero-order valence-electron chi connectivity index (χ0n) is 23.2. The van der Waals surface area contributed by atoms with E-state index in [9.17, 15) is 14.4 Å². The molecule has 1 fully saturated rings. The fourth-order valence-electron chi connectivity index (χ4n) is 4.87. The second-order valence-electron chi connectivity index (χ2n) is 10.4. The van der Waals surface area contributed by atoms with E-state index in [0.29, 0.717) is 48.9 Å². The minimum atomic E-state index is -0.498. The SMILES string of the molecule is COc1nccc2oc(C(=O)Nc3ccc(C)cc3)c(NC(=O)[C@H]3CC[C@H](C(=O)N(C)CCN(C)C)CC3)c12. The number of furan rings is 1. The monoisotopic (exact) mass is 535 g/mol. The molecule has 2 aromatic heterocycles. The first-order valence-electron chi connectivity index (χ1n) is 13.2. The van der Waals surface area contributed by atoms with Gasteiger partial charge in [-0.1, -0.05) is 17.7 Å². The predicted octanol–water partition coefficient (Wildman–Crippen LogP) is 4.16. The van der Waals surface area contributed by atoms with E-state index in [0.717, 1.165) is 12.1 Å². The van der Waals surface area contributed by atoms with Crippen molar-refractivity contribution < 1.29 is 23.5 Å². The van der Waals surface area contributed by atoms with E-state index in [2.05, 4.69) is 15.6 Å². The van der Waals surface area contributed by atoms with Crippen LogP contribution in [-0.4, -0.2) is 73.8 Å². The summed E-state index contributed by atoms with van der Waals surface area (Å²) in [4.78, 5) is 47.6. The fourth-order valence-corrected chi connectivity index (χ4v) is 4.87. The van der Waals surface area contributed by atoms with Crippen LogP contribution in [0.2, 0.25) is 0 Å². The fraction of sp³-hybridized carbons (Fsp3) is 0.448. The highest BCUT2D eigenvalue weighted by Gasteiger charge is 2.33. The molecule has 0 atom stereocenters. The summed E-state index contributed by atoms with van der Waals surface area (Å²) in [6, 6.07) is 9.01. The van der Waals surface area contributed by atoms with E-state index in [1.54, 1.807) is 23.1 Å². The third-order valence-corrected chi connectivity index (χ3v) is 7.23. The molecule has 208 valence electrons. The van der Waals surface area contributed by atoms with Gasteiger partial charge in [-0.15, -0.1) is 0 Å². The summed E-state index contributed by atoms with van der Waals surface area (Å²) in [7, 11) is 7.27. The first-order valence-corrected chi connectivity index (χ1v) is 13.2. The Morgan fingerprint density at radius 1 is 0.974 bits per heavy atom. The summed E-state index contributed by atoms with van der Waals surface area (Å²) >= 11 is 0. The summed E-state index contributed by atoms with van der Waals surface area (Å²) in [6.45, 7) is 3.44. The summed E-state index contributed by atoms with van der Waals surface area (Å²) in [5.74, 6) is -0.754. The van der Waals surface area contributed by atoms with Crippen molar-refractivity contribution in [3.05, 3.63) is 47.9 Å². The van der Waals surface area contributed by atoms with Crippen LogP contribution < -0.4 is 15.4 Å². The second-order valence-corrected chi connectivity index (χ2v) is 10.4. The molecule has 3 amide bonds. The molecule has 0 bridgehead atoms. The Morgan fingerprint density at radius 3 is 2.28 bits per heavy atom. The van der Waals surface area contributed by atoms with Gasteiger partial charge in [0.05, 0.1) is 7.11 Å². The van der Waals surface area contributed by atoms with Gasteiger partial charge in [0.2, 0.25) is 23.5 Å². The van der Waals surface area contributed by atoms with Crippen molar-refractivity contribution in [2.45, 2.75) is 32.6 Å². The number of rotatable bonds is 9. The van der Waals surface area contributed by atoms with Crippen LogP contribution in [0.3, 0.4) is 0 Å². The number of pyridine rings is 1. The van der Waals surface area contributed by atoms with Crippen LogP contribution in [0.5, 0.6) is 5.88 Å². The lowest BCUT2D eigenvalue weighted by Crippen LogP contribution is -2.39. The van der Waals surface area contributed by atoms with Crippen LogP contribution in [0, 0.1) is 18.8 Å². The van der Waals surface area contributed by atoms with Crippen molar-refractivity contribution in [1.29, 1.82) is 0 Å². The Bertz CT molecular complexity index is 1330. The quantitative estimate of drug-likeness (QED) is 0.423. The highest BCUT2D eigenvalue weighted by molar-refractivity contribution is 6.15. The van der Waals surface area contributed by atoms with E-state index in [1.165, 1.54) is 13.3 Å². The maximum absolute atomic E-state index is 13.4. The maximum atomic E-state index is 13.4. The molecule has 1 saturated carbocycles. The van der Waals surface area contributed by atoms with Gasteiger partial charge in [0, 0.05) is 49.9 Å². The summed E-state index contributed by atoms with van der Waals surface area (Å²) < 4.78 is 11.3. The van der Waals surface area contributed by atoms with Gasteiger partial charge in [-0.2, -0.15) is 0 Å². The van der Waals surface area contributed by atoms with Crippen molar-refractivity contribution in [2.24, 2.45) is 11.8 Å². The molecule has 0 aliphatic heterocycles. The molecule has 10 nitrogen and oxygen atoms in total. The van der Waals surface area contributed by atoms with Gasteiger partial charge in [-0.05, 0) is 58.8 Å². The summed E-state index contributed by atoms with van der Waals surface area (Å²) in [5, 5.41) is 6.20. The third kappa shape index (κ3) is 6.57. The molecule has 4 rings (SSSR count). The molecule has 0 spiro atoms. The topological polar surface area (TPSA) is 117 Å². The largest absolute Gasteiger partial charge is 0.480 e. The number of anilines is 2. The van der Waals surface area contributed by atoms with E-state index in [4.69, 9.17) is 9.15 Å². The number of nitrogens with one attached hydrogen (secondary N) is 2. The normalized spacial score (nSPS) is 17.2. The van der Waals surface area contributed by atoms with Crippen molar-refractivity contribution in [3.63, 3.8) is 0 Å². The molecule has 0 saturated heterocycles. The lowest BCUT2D eigenvalue weighted by Gasteiger charge is -2.30. The smallest absolute Gasteiger partial charge is 0.293 e. The number of ether oxygens (including phenoxy) is 1. The Hall–Kier alpha value is -3.92. The number of aromatic nitrogens is 1. The van der Waals surface area contributed by atoms with Crippen molar-refractivity contribution in [3.8, 4) is 5.88 Å². The molecule has 3 aromatic rings. The molecule has 1 aliphatic rings. The number of hydrogen-bond acceptors (Lipinski definition) is 7. The number of carbonyl (C=O) groups is 3. The lowest BCUT2D eigenvalue weighted by atomic mass is 9.81. The van der Waals surface area contributed by atoms with Gasteiger partial charge in [0.25, 0.3) is 5.91 Å². The number of aryl methyl sites for hydroxylation is 1. The zero-order chi connectivity index (χ0) is 28.1. The number of fused-ring (bicyclic) bond motifs is 1.